The molecule has 7 heteroatoms. The van der Waals surface area contributed by atoms with Crippen molar-refractivity contribution in [2.24, 2.45) is 7.05 Å². The molecule has 2 aromatic rings. The molecule has 1 atom stereocenters. The van der Waals surface area contributed by atoms with Crippen molar-refractivity contribution in [3.63, 3.8) is 0 Å². The number of morpholine rings is 1. The van der Waals surface area contributed by atoms with E-state index in [1.54, 1.807) is 0 Å². The lowest BCUT2D eigenvalue weighted by molar-refractivity contribution is 0.0383. The average molecular weight is 398 g/mol. The molecule has 0 bridgehead atoms. The SMILES string of the molecule is Cn1nc(C(=O)NCCN2CCOCC2)c2c1CC[C@@H](NCc1ccccc1)C2. The topological polar surface area (TPSA) is 71.4 Å². The van der Waals surface area contributed by atoms with Crippen molar-refractivity contribution in [2.45, 2.75) is 31.8 Å². The first-order valence-corrected chi connectivity index (χ1v) is 10.6. The van der Waals surface area contributed by atoms with Crippen LogP contribution in [0.5, 0.6) is 0 Å². The van der Waals surface area contributed by atoms with Gasteiger partial charge >= 0.3 is 0 Å². The normalized spacial score (nSPS) is 19.7. The van der Waals surface area contributed by atoms with Gasteiger partial charge in [-0.15, -0.1) is 0 Å². The molecule has 0 saturated carbocycles. The van der Waals surface area contributed by atoms with Crippen LogP contribution in [-0.4, -0.2) is 66.0 Å². The summed E-state index contributed by atoms with van der Waals surface area (Å²) in [5.74, 6) is -0.0566. The lowest BCUT2D eigenvalue weighted by Gasteiger charge is -2.26. The van der Waals surface area contributed by atoms with E-state index in [0.717, 1.165) is 64.2 Å². The summed E-state index contributed by atoms with van der Waals surface area (Å²) < 4.78 is 7.26. The van der Waals surface area contributed by atoms with Gasteiger partial charge in [0.05, 0.1) is 13.2 Å². The summed E-state index contributed by atoms with van der Waals surface area (Å²) in [7, 11) is 1.95. The summed E-state index contributed by atoms with van der Waals surface area (Å²) in [5.41, 5.74) is 4.18. The second-order valence-electron chi connectivity index (χ2n) is 7.91. The predicted molar refractivity (Wildman–Crippen MR) is 112 cm³/mol. The Labute approximate surface area is 172 Å². The minimum absolute atomic E-state index is 0.0566. The standard InChI is InChI=1S/C22H31N5O2/c1-26-20-8-7-18(24-16-17-5-3-2-4-6-17)15-19(20)21(25-26)22(28)23-9-10-27-11-13-29-14-12-27/h2-6,18,24H,7-16H2,1H3,(H,23,28)/t18-/m1/s1. The molecule has 0 radical (unpaired) electrons. The van der Waals surface area contributed by atoms with Gasteiger partial charge < -0.3 is 15.4 Å². The van der Waals surface area contributed by atoms with E-state index in [9.17, 15) is 4.79 Å². The highest BCUT2D eigenvalue weighted by Gasteiger charge is 2.28. The molecule has 29 heavy (non-hydrogen) atoms. The second-order valence-corrected chi connectivity index (χ2v) is 7.91. The van der Waals surface area contributed by atoms with E-state index in [1.165, 1.54) is 11.3 Å². The first-order valence-electron chi connectivity index (χ1n) is 10.6. The van der Waals surface area contributed by atoms with Gasteiger partial charge in [-0.2, -0.15) is 5.10 Å². The molecular weight excluding hydrogens is 366 g/mol. The van der Waals surface area contributed by atoms with Crippen LogP contribution >= 0.6 is 0 Å². The Balaban J connectivity index is 1.34. The largest absolute Gasteiger partial charge is 0.379 e. The molecule has 1 aliphatic heterocycles. The molecule has 4 rings (SSSR count). The Bertz CT molecular complexity index is 814. The van der Waals surface area contributed by atoms with E-state index in [-0.39, 0.29) is 5.91 Å². The quantitative estimate of drug-likeness (QED) is 0.733. The minimum Gasteiger partial charge on any atom is -0.379 e. The number of fused-ring (bicyclic) bond motifs is 1. The zero-order chi connectivity index (χ0) is 20.1. The van der Waals surface area contributed by atoms with Gasteiger partial charge in [0.25, 0.3) is 5.91 Å². The van der Waals surface area contributed by atoms with E-state index in [1.807, 2.05) is 17.8 Å². The summed E-state index contributed by atoms with van der Waals surface area (Å²) in [5, 5.41) is 11.3. The Hall–Kier alpha value is -2.22. The molecule has 1 aliphatic carbocycles. The maximum absolute atomic E-state index is 12.8. The zero-order valence-corrected chi connectivity index (χ0v) is 17.2. The van der Waals surface area contributed by atoms with Crippen LogP contribution in [0.3, 0.4) is 0 Å². The van der Waals surface area contributed by atoms with Crippen molar-refractivity contribution in [3.05, 3.63) is 52.8 Å². The van der Waals surface area contributed by atoms with E-state index >= 15 is 0 Å². The van der Waals surface area contributed by atoms with Crippen LogP contribution in [0.2, 0.25) is 0 Å². The van der Waals surface area contributed by atoms with Gasteiger partial charge in [0.15, 0.2) is 5.69 Å². The van der Waals surface area contributed by atoms with Crippen LogP contribution in [0.4, 0.5) is 0 Å². The fourth-order valence-corrected chi connectivity index (χ4v) is 4.24. The van der Waals surface area contributed by atoms with Crippen LogP contribution in [0.25, 0.3) is 0 Å². The maximum atomic E-state index is 12.8. The van der Waals surface area contributed by atoms with Gasteiger partial charge in [0, 0.05) is 57.1 Å². The molecule has 0 spiro atoms. The number of hydrogen-bond acceptors (Lipinski definition) is 5. The Morgan fingerprint density at radius 3 is 2.83 bits per heavy atom. The van der Waals surface area contributed by atoms with Crippen molar-refractivity contribution >= 4 is 5.91 Å². The number of nitrogens with zero attached hydrogens (tertiary/aromatic N) is 3. The number of carbonyl (C=O) groups is 1. The lowest BCUT2D eigenvalue weighted by Crippen LogP contribution is -2.41. The molecule has 0 unspecified atom stereocenters. The third-order valence-electron chi connectivity index (χ3n) is 5.93. The van der Waals surface area contributed by atoms with Crippen LogP contribution in [0.1, 0.15) is 33.7 Å². The van der Waals surface area contributed by atoms with Crippen molar-refractivity contribution in [1.29, 1.82) is 0 Å². The molecule has 1 fully saturated rings. The number of aromatic nitrogens is 2. The Kier molecular flexibility index (Phi) is 6.59. The number of benzene rings is 1. The summed E-state index contributed by atoms with van der Waals surface area (Å²) in [4.78, 5) is 15.1. The minimum atomic E-state index is -0.0566. The second kappa shape index (κ2) is 9.52. The maximum Gasteiger partial charge on any atom is 0.272 e. The van der Waals surface area contributed by atoms with Crippen molar-refractivity contribution in [3.8, 4) is 0 Å². The number of nitrogens with one attached hydrogen (secondary N) is 2. The van der Waals surface area contributed by atoms with Crippen molar-refractivity contribution in [1.82, 2.24) is 25.3 Å². The van der Waals surface area contributed by atoms with Crippen LogP contribution in [0.15, 0.2) is 30.3 Å². The van der Waals surface area contributed by atoms with Gasteiger partial charge in [0.2, 0.25) is 0 Å². The van der Waals surface area contributed by atoms with E-state index in [4.69, 9.17) is 4.74 Å². The van der Waals surface area contributed by atoms with Crippen LogP contribution < -0.4 is 10.6 Å². The molecular formula is C22H31N5O2. The van der Waals surface area contributed by atoms with Crippen molar-refractivity contribution < 1.29 is 9.53 Å². The Morgan fingerprint density at radius 2 is 2.03 bits per heavy atom. The molecule has 156 valence electrons. The van der Waals surface area contributed by atoms with Gasteiger partial charge in [-0.25, -0.2) is 0 Å². The summed E-state index contributed by atoms with van der Waals surface area (Å²) in [6, 6.07) is 10.8. The third kappa shape index (κ3) is 5.04. The highest BCUT2D eigenvalue weighted by atomic mass is 16.5. The predicted octanol–water partition coefficient (Wildman–Crippen LogP) is 1.13. The summed E-state index contributed by atoms with van der Waals surface area (Å²) in [6.45, 7) is 5.76. The molecule has 1 amide bonds. The molecule has 1 aromatic heterocycles. The van der Waals surface area contributed by atoms with Crippen molar-refractivity contribution in [2.75, 3.05) is 39.4 Å². The molecule has 2 N–H and O–H groups in total. The molecule has 1 saturated heterocycles. The zero-order valence-electron chi connectivity index (χ0n) is 17.2. The number of ether oxygens (including phenoxy) is 1. The van der Waals surface area contributed by atoms with Gasteiger partial charge in [-0.05, 0) is 24.8 Å². The van der Waals surface area contributed by atoms with Gasteiger partial charge in [-0.3, -0.25) is 14.4 Å². The lowest BCUT2D eigenvalue weighted by atomic mass is 9.91. The number of rotatable bonds is 7. The first kappa shape index (κ1) is 20.1. The number of carbonyl (C=O) groups excluding carboxylic acids is 1. The molecule has 2 aliphatic rings. The van der Waals surface area contributed by atoms with E-state index < -0.39 is 0 Å². The number of hydrogen-bond donors (Lipinski definition) is 2. The average Bonchev–Trinajstić information content (AvgIpc) is 3.10. The first-order chi connectivity index (χ1) is 14.2. The van der Waals surface area contributed by atoms with Gasteiger partial charge in [-0.1, -0.05) is 30.3 Å². The fourth-order valence-electron chi connectivity index (χ4n) is 4.24. The Morgan fingerprint density at radius 1 is 1.24 bits per heavy atom. The fraction of sp³-hybridized carbons (Fsp3) is 0.545. The number of amides is 1. The molecule has 1 aromatic carbocycles. The van der Waals surface area contributed by atoms with Crippen LogP contribution in [-0.2, 0) is 31.2 Å². The monoisotopic (exact) mass is 397 g/mol. The smallest absolute Gasteiger partial charge is 0.272 e. The van der Waals surface area contributed by atoms with E-state index in [0.29, 0.717) is 18.3 Å². The molecule has 2 heterocycles. The molecule has 7 nitrogen and oxygen atoms in total. The highest BCUT2D eigenvalue weighted by Crippen LogP contribution is 2.24. The van der Waals surface area contributed by atoms with Gasteiger partial charge in [0.1, 0.15) is 0 Å². The van der Waals surface area contributed by atoms with E-state index in [2.05, 4.69) is 44.9 Å². The summed E-state index contributed by atoms with van der Waals surface area (Å²) >= 11 is 0. The number of aryl methyl sites for hydroxylation is 1. The summed E-state index contributed by atoms with van der Waals surface area (Å²) in [6.07, 6.45) is 2.87. The van der Waals surface area contributed by atoms with Crippen LogP contribution in [0, 0.1) is 0 Å². The highest BCUT2D eigenvalue weighted by molar-refractivity contribution is 5.94. The third-order valence-corrected chi connectivity index (χ3v) is 5.93.